The third-order valence-corrected chi connectivity index (χ3v) is 2.13. The van der Waals surface area contributed by atoms with E-state index in [4.69, 9.17) is 10.5 Å². The highest BCUT2D eigenvalue weighted by Gasteiger charge is 2.03. The number of nitrogens with one attached hydrogen (secondary N) is 1. The molecule has 1 N–H and O–H groups in total. The maximum absolute atomic E-state index is 13.1. The van der Waals surface area contributed by atoms with E-state index in [1.54, 1.807) is 6.07 Å². The van der Waals surface area contributed by atoms with E-state index in [1.165, 1.54) is 30.6 Å². The molecule has 18 heavy (non-hydrogen) atoms. The molecule has 0 aliphatic rings. The van der Waals surface area contributed by atoms with E-state index in [9.17, 15) is 4.39 Å². The molecule has 0 unspecified atom stereocenters. The van der Waals surface area contributed by atoms with Gasteiger partial charge in [0, 0.05) is 5.69 Å². The zero-order chi connectivity index (χ0) is 13.0. The molecule has 2 rings (SSSR count). The molecule has 0 atom stereocenters. The second-order valence-corrected chi connectivity index (χ2v) is 3.33. The minimum atomic E-state index is -0.575. The van der Waals surface area contributed by atoms with Gasteiger partial charge in [0.1, 0.15) is 23.8 Å². The Bertz CT molecular complexity index is 652. The number of hydrogen-bond donors (Lipinski definition) is 1. The van der Waals surface area contributed by atoms with Crippen molar-refractivity contribution in [1.29, 1.82) is 10.5 Å². The summed E-state index contributed by atoms with van der Waals surface area (Å²) in [5, 5.41) is 20.1. The summed E-state index contributed by atoms with van der Waals surface area (Å²) >= 11 is 0. The summed E-state index contributed by atoms with van der Waals surface area (Å²) in [6, 6.07) is 7.64. The lowest BCUT2D eigenvalue weighted by Gasteiger charge is -2.05. The van der Waals surface area contributed by atoms with E-state index in [-0.39, 0.29) is 11.3 Å². The summed E-state index contributed by atoms with van der Waals surface area (Å²) in [6.45, 7) is 0. The van der Waals surface area contributed by atoms with Crippen LogP contribution in [0.1, 0.15) is 11.3 Å². The van der Waals surface area contributed by atoms with Crippen molar-refractivity contribution in [3.8, 4) is 12.1 Å². The van der Waals surface area contributed by atoms with Crippen LogP contribution in [-0.2, 0) is 0 Å². The van der Waals surface area contributed by atoms with Crippen molar-refractivity contribution in [2.75, 3.05) is 5.32 Å². The zero-order valence-electron chi connectivity index (χ0n) is 9.05. The molecule has 0 amide bonds. The Kier molecular flexibility index (Phi) is 3.13. The Hall–Kier alpha value is -2.99. The van der Waals surface area contributed by atoms with Crippen LogP contribution in [0.3, 0.4) is 0 Å². The van der Waals surface area contributed by atoms with Gasteiger partial charge in [-0.25, -0.2) is 14.4 Å². The molecule has 1 aromatic carbocycles. The molecule has 0 radical (unpaired) electrons. The molecule has 86 valence electrons. The summed E-state index contributed by atoms with van der Waals surface area (Å²) < 4.78 is 13.1. The van der Waals surface area contributed by atoms with Gasteiger partial charge in [-0.1, -0.05) is 0 Å². The van der Waals surface area contributed by atoms with Crippen LogP contribution in [0.25, 0.3) is 0 Å². The molecule has 0 spiro atoms. The lowest BCUT2D eigenvalue weighted by molar-refractivity contribution is 0.624. The quantitative estimate of drug-likeness (QED) is 0.867. The molecule has 1 heterocycles. The van der Waals surface area contributed by atoms with Gasteiger partial charge in [-0.2, -0.15) is 10.5 Å². The molecule has 2 aromatic rings. The van der Waals surface area contributed by atoms with Crippen molar-refractivity contribution >= 4 is 11.5 Å². The second kappa shape index (κ2) is 4.89. The number of rotatable bonds is 2. The van der Waals surface area contributed by atoms with Gasteiger partial charge in [0.2, 0.25) is 0 Å². The van der Waals surface area contributed by atoms with Crippen LogP contribution in [0.4, 0.5) is 15.9 Å². The first-order valence-corrected chi connectivity index (χ1v) is 4.92. The number of aromatic nitrogens is 2. The molecule has 0 saturated carbocycles. The van der Waals surface area contributed by atoms with Crippen LogP contribution >= 0.6 is 0 Å². The van der Waals surface area contributed by atoms with Crippen molar-refractivity contribution in [3.05, 3.63) is 47.7 Å². The van der Waals surface area contributed by atoms with Crippen molar-refractivity contribution in [3.63, 3.8) is 0 Å². The highest BCUT2D eigenvalue weighted by atomic mass is 19.1. The van der Waals surface area contributed by atoms with Gasteiger partial charge in [0.15, 0.2) is 5.69 Å². The molecule has 5 nitrogen and oxygen atoms in total. The summed E-state index contributed by atoms with van der Waals surface area (Å²) in [7, 11) is 0. The van der Waals surface area contributed by atoms with Gasteiger partial charge in [0.05, 0.1) is 18.0 Å². The fourth-order valence-electron chi connectivity index (χ4n) is 1.29. The van der Waals surface area contributed by atoms with E-state index in [0.29, 0.717) is 11.5 Å². The summed E-state index contributed by atoms with van der Waals surface area (Å²) in [4.78, 5) is 7.78. The SMILES string of the molecule is N#Cc1cnc(Nc2ccc(F)c(C#N)c2)cn1. The van der Waals surface area contributed by atoms with E-state index in [1.807, 2.05) is 6.07 Å². The van der Waals surface area contributed by atoms with Gasteiger partial charge in [0.25, 0.3) is 0 Å². The Balaban J connectivity index is 2.24. The normalized spacial score (nSPS) is 9.28. The average molecular weight is 239 g/mol. The van der Waals surface area contributed by atoms with Crippen LogP contribution in [0, 0.1) is 28.5 Å². The lowest BCUT2D eigenvalue weighted by atomic mass is 10.2. The van der Waals surface area contributed by atoms with E-state index >= 15 is 0 Å². The number of hydrogen-bond acceptors (Lipinski definition) is 5. The maximum atomic E-state index is 13.1. The topological polar surface area (TPSA) is 85.4 Å². The minimum Gasteiger partial charge on any atom is -0.339 e. The molecule has 0 aliphatic heterocycles. The number of benzene rings is 1. The summed E-state index contributed by atoms with van der Waals surface area (Å²) in [5.74, 6) is -0.168. The Morgan fingerprint density at radius 2 is 1.94 bits per heavy atom. The molecule has 1 aromatic heterocycles. The fraction of sp³-hybridized carbons (Fsp3) is 0. The predicted molar refractivity (Wildman–Crippen MR) is 61.1 cm³/mol. The van der Waals surface area contributed by atoms with Crippen LogP contribution in [0.2, 0.25) is 0 Å². The first-order valence-electron chi connectivity index (χ1n) is 4.92. The largest absolute Gasteiger partial charge is 0.339 e. The summed E-state index contributed by atoms with van der Waals surface area (Å²) in [5.41, 5.74) is 0.672. The maximum Gasteiger partial charge on any atom is 0.158 e. The smallest absolute Gasteiger partial charge is 0.158 e. The van der Waals surface area contributed by atoms with Gasteiger partial charge < -0.3 is 5.32 Å². The number of anilines is 2. The first-order chi connectivity index (χ1) is 8.72. The van der Waals surface area contributed by atoms with Crippen molar-refractivity contribution in [2.24, 2.45) is 0 Å². The molecule has 0 fully saturated rings. The first kappa shape index (κ1) is 11.5. The molecular weight excluding hydrogens is 233 g/mol. The third-order valence-electron chi connectivity index (χ3n) is 2.13. The van der Waals surface area contributed by atoms with Crippen LogP contribution in [0.5, 0.6) is 0 Å². The van der Waals surface area contributed by atoms with E-state index < -0.39 is 5.82 Å². The highest BCUT2D eigenvalue weighted by molar-refractivity contribution is 5.58. The van der Waals surface area contributed by atoms with Crippen molar-refractivity contribution < 1.29 is 4.39 Å². The second-order valence-electron chi connectivity index (χ2n) is 3.33. The Morgan fingerprint density at radius 1 is 1.11 bits per heavy atom. The highest BCUT2D eigenvalue weighted by Crippen LogP contribution is 2.17. The number of halogens is 1. The van der Waals surface area contributed by atoms with Crippen LogP contribution in [-0.4, -0.2) is 9.97 Å². The molecular formula is C12H6FN5. The fourth-order valence-corrected chi connectivity index (χ4v) is 1.29. The Morgan fingerprint density at radius 3 is 2.56 bits per heavy atom. The van der Waals surface area contributed by atoms with Gasteiger partial charge in [-0.05, 0) is 18.2 Å². The zero-order valence-corrected chi connectivity index (χ0v) is 9.05. The van der Waals surface area contributed by atoms with Gasteiger partial charge >= 0.3 is 0 Å². The van der Waals surface area contributed by atoms with E-state index in [2.05, 4.69) is 15.3 Å². The molecule has 0 bridgehead atoms. The van der Waals surface area contributed by atoms with Gasteiger partial charge in [-0.15, -0.1) is 0 Å². The van der Waals surface area contributed by atoms with E-state index in [0.717, 1.165) is 0 Å². The standard InChI is InChI=1S/C12H6FN5/c13-11-2-1-9(3-8(11)4-14)18-12-7-16-10(5-15)6-17-12/h1-3,6-7H,(H,17,18). The summed E-state index contributed by atoms with van der Waals surface area (Å²) in [6.07, 6.45) is 2.70. The molecule has 0 aliphatic carbocycles. The third kappa shape index (κ3) is 2.39. The monoisotopic (exact) mass is 239 g/mol. The lowest BCUT2D eigenvalue weighted by Crippen LogP contribution is -1.96. The molecule has 0 saturated heterocycles. The molecule has 6 heteroatoms. The Labute approximate surface area is 102 Å². The van der Waals surface area contributed by atoms with Crippen molar-refractivity contribution in [1.82, 2.24) is 9.97 Å². The van der Waals surface area contributed by atoms with Crippen LogP contribution in [0.15, 0.2) is 30.6 Å². The predicted octanol–water partition coefficient (Wildman–Crippen LogP) is 2.10. The van der Waals surface area contributed by atoms with Crippen molar-refractivity contribution in [2.45, 2.75) is 0 Å². The number of nitrogens with zero attached hydrogens (tertiary/aromatic N) is 4. The average Bonchev–Trinajstić information content (AvgIpc) is 2.42. The van der Waals surface area contributed by atoms with Crippen LogP contribution < -0.4 is 5.32 Å². The number of nitriles is 2. The minimum absolute atomic E-state index is 0.0541. The van der Waals surface area contributed by atoms with Gasteiger partial charge in [-0.3, -0.25) is 0 Å².